The van der Waals surface area contributed by atoms with E-state index in [1.807, 2.05) is 42.3 Å². The highest BCUT2D eigenvalue weighted by Gasteiger charge is 2.50. The molecule has 1 aromatic rings. The summed E-state index contributed by atoms with van der Waals surface area (Å²) in [6.07, 6.45) is 2.24. The van der Waals surface area contributed by atoms with Gasteiger partial charge in [-0.25, -0.2) is 0 Å². The molecule has 1 fully saturated rings. The van der Waals surface area contributed by atoms with E-state index in [-0.39, 0.29) is 29.8 Å². The second-order valence-corrected chi connectivity index (χ2v) is 5.36. The van der Waals surface area contributed by atoms with E-state index in [2.05, 4.69) is 0 Å². The molecule has 0 radical (unpaired) electrons. The second kappa shape index (κ2) is 4.87. The third-order valence-corrected chi connectivity index (χ3v) is 4.34. The van der Waals surface area contributed by atoms with Crippen LogP contribution in [0.1, 0.15) is 12.0 Å². The fourth-order valence-corrected chi connectivity index (χ4v) is 3.36. The number of rotatable bonds is 2. The lowest BCUT2D eigenvalue weighted by Gasteiger charge is -2.32. The van der Waals surface area contributed by atoms with Crippen molar-refractivity contribution in [1.29, 1.82) is 0 Å². The smallest absolute Gasteiger partial charge is 0.310 e. The summed E-state index contributed by atoms with van der Waals surface area (Å²) in [5, 5.41) is 0. The van der Waals surface area contributed by atoms with Crippen LogP contribution in [0.4, 0.5) is 0 Å². The predicted octanol–water partition coefficient (Wildman–Crippen LogP) is 1.51. The van der Waals surface area contributed by atoms with Gasteiger partial charge in [0.1, 0.15) is 0 Å². The molecule has 1 saturated heterocycles. The van der Waals surface area contributed by atoms with Crippen molar-refractivity contribution in [3.63, 3.8) is 0 Å². The van der Waals surface area contributed by atoms with Crippen LogP contribution in [-0.2, 0) is 14.3 Å². The molecule has 0 aromatic heterocycles. The van der Waals surface area contributed by atoms with E-state index in [1.54, 1.807) is 6.08 Å². The maximum atomic E-state index is 12.2. The van der Waals surface area contributed by atoms with Gasteiger partial charge in [-0.3, -0.25) is 14.5 Å². The highest BCUT2D eigenvalue weighted by molar-refractivity contribution is 6.05. The number of hydrogen-bond acceptors (Lipinski definition) is 4. The first kappa shape index (κ1) is 13.1. The first-order valence-corrected chi connectivity index (χ1v) is 6.74. The zero-order chi connectivity index (χ0) is 14.3. The van der Waals surface area contributed by atoms with Crippen LogP contribution in [-0.4, -0.2) is 42.9 Å². The molecule has 0 N–H and O–H groups in total. The molecule has 0 unspecified atom stereocenters. The van der Waals surface area contributed by atoms with Crippen molar-refractivity contribution in [2.75, 3.05) is 14.2 Å². The molecule has 20 heavy (non-hydrogen) atoms. The van der Waals surface area contributed by atoms with Crippen molar-refractivity contribution in [3.05, 3.63) is 42.0 Å². The van der Waals surface area contributed by atoms with Crippen LogP contribution in [0.5, 0.6) is 0 Å². The fraction of sp³-hybridized carbons (Fsp3) is 0.375. The minimum atomic E-state index is -0.270. The van der Waals surface area contributed by atoms with Crippen molar-refractivity contribution in [2.24, 2.45) is 5.92 Å². The minimum Gasteiger partial charge on any atom is -0.469 e. The quantitative estimate of drug-likeness (QED) is 0.765. The summed E-state index contributed by atoms with van der Waals surface area (Å²) in [6, 6.07) is 9.49. The lowest BCUT2D eigenvalue weighted by molar-refractivity contribution is -0.145. The molecule has 3 atom stereocenters. The first-order valence-electron chi connectivity index (χ1n) is 6.74. The predicted molar refractivity (Wildman–Crippen MR) is 74.9 cm³/mol. The van der Waals surface area contributed by atoms with Crippen molar-refractivity contribution in [2.45, 2.75) is 18.5 Å². The van der Waals surface area contributed by atoms with Gasteiger partial charge in [-0.2, -0.15) is 0 Å². The molecule has 2 aliphatic heterocycles. The lowest BCUT2D eigenvalue weighted by atomic mass is 9.89. The summed E-state index contributed by atoms with van der Waals surface area (Å²) < 4.78 is 4.91. The zero-order valence-corrected chi connectivity index (χ0v) is 11.6. The van der Waals surface area contributed by atoms with E-state index in [1.165, 1.54) is 7.11 Å². The molecule has 4 nitrogen and oxygen atoms in total. The Morgan fingerprint density at radius 3 is 2.65 bits per heavy atom. The molecule has 2 aliphatic rings. The Kier molecular flexibility index (Phi) is 3.18. The number of ketones is 1. The van der Waals surface area contributed by atoms with Crippen LogP contribution in [0.2, 0.25) is 0 Å². The van der Waals surface area contributed by atoms with Crippen LogP contribution in [0, 0.1) is 5.92 Å². The number of fused-ring (bicyclic) bond motifs is 2. The monoisotopic (exact) mass is 271 g/mol. The largest absolute Gasteiger partial charge is 0.469 e. The van der Waals surface area contributed by atoms with Crippen molar-refractivity contribution >= 4 is 17.3 Å². The van der Waals surface area contributed by atoms with Crippen LogP contribution in [0.3, 0.4) is 0 Å². The van der Waals surface area contributed by atoms with Crippen molar-refractivity contribution in [1.82, 2.24) is 4.90 Å². The van der Waals surface area contributed by atoms with Crippen molar-refractivity contribution in [3.8, 4) is 0 Å². The average molecular weight is 271 g/mol. The van der Waals surface area contributed by atoms with E-state index < -0.39 is 0 Å². The molecule has 4 heteroatoms. The standard InChI is InChI=1S/C16H17NO3/c1-17-13-8-12(16(19)20-2)15(17)11(9-14(13)18)10-6-4-3-5-7-10/h3-7,9,12-13,15H,8H2,1-2H3/t12-,13-,15+/m0/s1. The molecule has 0 amide bonds. The van der Waals surface area contributed by atoms with E-state index in [9.17, 15) is 9.59 Å². The zero-order valence-electron chi connectivity index (χ0n) is 11.6. The number of methoxy groups -OCH3 is 1. The summed E-state index contributed by atoms with van der Waals surface area (Å²) in [6.45, 7) is 0. The first-order chi connectivity index (χ1) is 9.63. The van der Waals surface area contributed by atoms with Gasteiger partial charge in [0.2, 0.25) is 0 Å². The summed E-state index contributed by atoms with van der Waals surface area (Å²) in [4.78, 5) is 26.2. The maximum Gasteiger partial charge on any atom is 0.310 e. The second-order valence-electron chi connectivity index (χ2n) is 5.36. The highest BCUT2D eigenvalue weighted by Crippen LogP contribution is 2.41. The molecule has 0 aliphatic carbocycles. The Morgan fingerprint density at radius 2 is 2.00 bits per heavy atom. The molecule has 0 saturated carbocycles. The molecule has 104 valence electrons. The van der Waals surface area contributed by atoms with Gasteiger partial charge in [0, 0.05) is 6.04 Å². The van der Waals surface area contributed by atoms with Crippen LogP contribution < -0.4 is 0 Å². The van der Waals surface area contributed by atoms with Gasteiger partial charge in [0.15, 0.2) is 5.78 Å². The lowest BCUT2D eigenvalue weighted by Crippen LogP contribution is -2.43. The summed E-state index contributed by atoms with van der Waals surface area (Å²) >= 11 is 0. The third-order valence-electron chi connectivity index (χ3n) is 4.34. The fourth-order valence-electron chi connectivity index (χ4n) is 3.36. The molecular formula is C16H17NO3. The minimum absolute atomic E-state index is 0.0763. The van der Waals surface area contributed by atoms with Gasteiger partial charge >= 0.3 is 5.97 Å². The average Bonchev–Trinajstić information content (AvgIpc) is 2.72. The summed E-state index contributed by atoms with van der Waals surface area (Å²) in [5.41, 5.74) is 1.91. The van der Waals surface area contributed by atoms with Crippen LogP contribution in [0.25, 0.3) is 5.57 Å². The Hall–Kier alpha value is -1.94. The Morgan fingerprint density at radius 1 is 1.30 bits per heavy atom. The number of carbonyl (C=O) groups excluding carboxylic acids is 2. The van der Waals surface area contributed by atoms with Gasteiger partial charge in [-0.15, -0.1) is 0 Å². The van der Waals surface area contributed by atoms with Gasteiger partial charge in [0.05, 0.1) is 19.1 Å². The van der Waals surface area contributed by atoms with Gasteiger partial charge < -0.3 is 4.74 Å². The number of ether oxygens (including phenoxy) is 1. The number of benzene rings is 1. The number of esters is 1. The Balaban J connectivity index is 2.05. The third kappa shape index (κ3) is 1.88. The van der Waals surface area contributed by atoms with Crippen LogP contribution in [0.15, 0.2) is 36.4 Å². The maximum absolute atomic E-state index is 12.2. The summed E-state index contributed by atoms with van der Waals surface area (Å²) in [5.74, 6) is -0.428. The topological polar surface area (TPSA) is 46.6 Å². The SMILES string of the molecule is COC(=O)[C@H]1C[C@H]2C(=O)C=C(c3ccccc3)[C@H]1N2C. The number of likely N-dealkylation sites (N-methyl/N-ethyl adjacent to an activating group) is 1. The molecule has 3 rings (SSSR count). The number of carbonyl (C=O) groups is 2. The van der Waals surface area contributed by atoms with Gasteiger partial charge in [-0.05, 0) is 30.7 Å². The van der Waals surface area contributed by atoms with E-state index in [0.717, 1.165) is 11.1 Å². The van der Waals surface area contributed by atoms with Crippen LogP contribution >= 0.6 is 0 Å². The molecular weight excluding hydrogens is 254 g/mol. The Labute approximate surface area is 118 Å². The number of hydrogen-bond donors (Lipinski definition) is 0. The normalized spacial score (nSPS) is 29.2. The highest BCUT2D eigenvalue weighted by atomic mass is 16.5. The number of nitrogens with zero attached hydrogens (tertiary/aromatic N) is 1. The van der Waals surface area contributed by atoms with E-state index in [0.29, 0.717) is 6.42 Å². The van der Waals surface area contributed by atoms with E-state index in [4.69, 9.17) is 4.74 Å². The molecule has 2 bridgehead atoms. The molecule has 1 aromatic carbocycles. The molecule has 0 spiro atoms. The van der Waals surface area contributed by atoms with E-state index >= 15 is 0 Å². The summed E-state index contributed by atoms with van der Waals surface area (Å²) in [7, 11) is 3.31. The van der Waals surface area contributed by atoms with Gasteiger partial charge in [-0.1, -0.05) is 30.3 Å². The Bertz CT molecular complexity index is 579. The molecule has 2 heterocycles. The van der Waals surface area contributed by atoms with Crippen molar-refractivity contribution < 1.29 is 14.3 Å². The van der Waals surface area contributed by atoms with Gasteiger partial charge in [0.25, 0.3) is 0 Å².